The summed E-state index contributed by atoms with van der Waals surface area (Å²) in [5.74, 6) is -0.312. The molecule has 1 amide bonds. The van der Waals surface area contributed by atoms with Gasteiger partial charge in [0.25, 0.3) is 5.69 Å². The van der Waals surface area contributed by atoms with Crippen molar-refractivity contribution in [3.63, 3.8) is 0 Å². The zero-order valence-electron chi connectivity index (χ0n) is 12.6. The van der Waals surface area contributed by atoms with Crippen LogP contribution in [0.3, 0.4) is 0 Å². The molecule has 10 heteroatoms. The summed E-state index contributed by atoms with van der Waals surface area (Å²) in [4.78, 5) is 32.7. The fourth-order valence-electron chi connectivity index (χ4n) is 2.68. The number of anilines is 1. The van der Waals surface area contributed by atoms with E-state index in [0.717, 1.165) is 17.7 Å². The van der Waals surface area contributed by atoms with E-state index in [2.05, 4.69) is 5.43 Å². The number of amides is 1. The largest absolute Gasteiger partial charge is 0.301 e. The standard InChI is InChI=1S/C15H11ClN4O5/c16-10-3-1-9(2-4-10)13-8-15(21)17-18(13)12-6-5-11(19(22)23)7-14(12)20(24)25/h1-7,13H,8H2,(H,17,21). The smallest absolute Gasteiger partial charge is 0.273 e. The van der Waals surface area contributed by atoms with E-state index in [1.165, 1.54) is 11.1 Å². The van der Waals surface area contributed by atoms with E-state index in [-0.39, 0.29) is 18.0 Å². The van der Waals surface area contributed by atoms with Crippen LogP contribution in [0.25, 0.3) is 0 Å². The molecule has 1 N–H and O–H groups in total. The molecule has 0 aliphatic carbocycles. The molecular formula is C15H11ClN4O5. The van der Waals surface area contributed by atoms with Crippen molar-refractivity contribution in [1.29, 1.82) is 0 Å². The summed E-state index contributed by atoms with van der Waals surface area (Å²) >= 11 is 5.86. The Morgan fingerprint density at radius 1 is 1.08 bits per heavy atom. The molecule has 1 unspecified atom stereocenters. The zero-order valence-corrected chi connectivity index (χ0v) is 13.3. The van der Waals surface area contributed by atoms with Crippen LogP contribution in [-0.4, -0.2) is 15.8 Å². The molecule has 128 valence electrons. The van der Waals surface area contributed by atoms with Gasteiger partial charge in [-0.05, 0) is 23.8 Å². The minimum Gasteiger partial charge on any atom is -0.273 e. The van der Waals surface area contributed by atoms with E-state index in [4.69, 9.17) is 11.6 Å². The van der Waals surface area contributed by atoms with Gasteiger partial charge in [-0.3, -0.25) is 35.5 Å². The number of hydrazine groups is 1. The van der Waals surface area contributed by atoms with Gasteiger partial charge >= 0.3 is 5.69 Å². The second-order valence-corrected chi connectivity index (χ2v) is 5.80. The van der Waals surface area contributed by atoms with Crippen LogP contribution in [0.5, 0.6) is 0 Å². The van der Waals surface area contributed by atoms with E-state index in [0.29, 0.717) is 5.02 Å². The maximum absolute atomic E-state index is 11.9. The molecule has 1 aliphatic rings. The van der Waals surface area contributed by atoms with Crippen molar-refractivity contribution in [3.05, 3.63) is 73.3 Å². The second-order valence-electron chi connectivity index (χ2n) is 5.36. The van der Waals surface area contributed by atoms with Gasteiger partial charge in [0, 0.05) is 11.1 Å². The van der Waals surface area contributed by atoms with Gasteiger partial charge in [-0.25, -0.2) is 0 Å². The van der Waals surface area contributed by atoms with Crippen LogP contribution >= 0.6 is 11.6 Å². The monoisotopic (exact) mass is 362 g/mol. The van der Waals surface area contributed by atoms with E-state index < -0.39 is 27.3 Å². The lowest BCUT2D eigenvalue weighted by atomic mass is 10.0. The quantitative estimate of drug-likeness (QED) is 0.659. The third-order valence-electron chi connectivity index (χ3n) is 3.82. The Morgan fingerprint density at radius 3 is 2.36 bits per heavy atom. The van der Waals surface area contributed by atoms with Crippen LogP contribution in [0.1, 0.15) is 18.0 Å². The number of hydrogen-bond acceptors (Lipinski definition) is 6. The highest BCUT2D eigenvalue weighted by Gasteiger charge is 2.36. The Morgan fingerprint density at radius 2 is 1.76 bits per heavy atom. The van der Waals surface area contributed by atoms with Crippen molar-refractivity contribution < 1.29 is 14.6 Å². The van der Waals surface area contributed by atoms with Crippen molar-refractivity contribution >= 4 is 34.6 Å². The van der Waals surface area contributed by atoms with Gasteiger partial charge in [-0.2, -0.15) is 0 Å². The van der Waals surface area contributed by atoms with Crippen molar-refractivity contribution in [2.24, 2.45) is 0 Å². The number of carbonyl (C=O) groups is 1. The van der Waals surface area contributed by atoms with Crippen LogP contribution < -0.4 is 10.4 Å². The molecule has 1 saturated heterocycles. The zero-order chi connectivity index (χ0) is 18.1. The Bertz CT molecular complexity index is 871. The van der Waals surface area contributed by atoms with Crippen molar-refractivity contribution in [3.8, 4) is 0 Å². The maximum Gasteiger partial charge on any atom is 0.301 e. The minimum atomic E-state index is -0.717. The fourth-order valence-corrected chi connectivity index (χ4v) is 2.81. The highest BCUT2D eigenvalue weighted by molar-refractivity contribution is 6.30. The van der Waals surface area contributed by atoms with Gasteiger partial charge in [-0.15, -0.1) is 0 Å². The molecule has 0 radical (unpaired) electrons. The number of nitro benzene ring substituents is 2. The molecule has 2 aromatic rings. The van der Waals surface area contributed by atoms with Gasteiger partial charge in [0.2, 0.25) is 5.91 Å². The molecule has 1 aliphatic heterocycles. The lowest BCUT2D eigenvalue weighted by Gasteiger charge is -2.25. The van der Waals surface area contributed by atoms with E-state index in [1.807, 2.05) is 0 Å². The predicted molar refractivity (Wildman–Crippen MR) is 89.2 cm³/mol. The summed E-state index contributed by atoms with van der Waals surface area (Å²) in [6.45, 7) is 0. The minimum absolute atomic E-state index is 0.0707. The molecule has 9 nitrogen and oxygen atoms in total. The molecule has 25 heavy (non-hydrogen) atoms. The number of benzene rings is 2. The average molecular weight is 363 g/mol. The number of nitro groups is 2. The molecule has 1 atom stereocenters. The summed E-state index contributed by atoms with van der Waals surface area (Å²) in [5, 5.41) is 24.1. The molecule has 0 spiro atoms. The first-order chi connectivity index (χ1) is 11.9. The molecule has 1 fully saturated rings. The predicted octanol–water partition coefficient (Wildman–Crippen LogP) is 3.14. The van der Waals surface area contributed by atoms with Gasteiger partial charge in [0.15, 0.2) is 0 Å². The number of nitrogens with zero attached hydrogens (tertiary/aromatic N) is 3. The summed E-state index contributed by atoms with van der Waals surface area (Å²) in [6.07, 6.45) is 0.0930. The van der Waals surface area contributed by atoms with Crippen LogP contribution in [0, 0.1) is 20.2 Å². The maximum atomic E-state index is 11.9. The van der Waals surface area contributed by atoms with E-state index >= 15 is 0 Å². The fraction of sp³-hybridized carbons (Fsp3) is 0.133. The number of non-ortho nitro benzene ring substituents is 1. The van der Waals surface area contributed by atoms with Gasteiger partial charge < -0.3 is 0 Å². The third kappa shape index (κ3) is 3.22. The first kappa shape index (κ1) is 16.7. The van der Waals surface area contributed by atoms with Crippen molar-refractivity contribution in [1.82, 2.24) is 5.43 Å². The number of halogens is 1. The molecular weight excluding hydrogens is 352 g/mol. The SMILES string of the molecule is O=C1CC(c2ccc(Cl)cc2)N(c2ccc([N+](=O)[O-])cc2[N+](=O)[O-])N1. The number of rotatable bonds is 4. The number of hydrogen-bond donors (Lipinski definition) is 1. The highest BCUT2D eigenvalue weighted by Crippen LogP contribution is 2.39. The first-order valence-electron chi connectivity index (χ1n) is 7.14. The van der Waals surface area contributed by atoms with Crippen molar-refractivity contribution in [2.75, 3.05) is 5.01 Å². The van der Waals surface area contributed by atoms with Crippen molar-refractivity contribution in [2.45, 2.75) is 12.5 Å². The molecule has 0 aromatic heterocycles. The third-order valence-corrected chi connectivity index (χ3v) is 4.07. The summed E-state index contributed by atoms with van der Waals surface area (Å²) < 4.78 is 0. The van der Waals surface area contributed by atoms with Crippen LogP contribution in [0.4, 0.5) is 17.1 Å². The number of carbonyl (C=O) groups excluding carboxylic acids is 1. The van der Waals surface area contributed by atoms with Crippen LogP contribution in [-0.2, 0) is 4.79 Å². The average Bonchev–Trinajstić information content (AvgIpc) is 2.96. The first-order valence-corrected chi connectivity index (χ1v) is 7.51. The lowest BCUT2D eigenvalue weighted by Crippen LogP contribution is -2.35. The lowest BCUT2D eigenvalue weighted by molar-refractivity contribution is -0.393. The summed E-state index contributed by atoms with van der Waals surface area (Å²) in [6, 6.07) is 9.54. The Hall–Kier alpha value is -3.20. The summed E-state index contributed by atoms with van der Waals surface area (Å²) in [7, 11) is 0. The molecule has 1 heterocycles. The Kier molecular flexibility index (Phi) is 4.24. The summed E-state index contributed by atoms with van der Waals surface area (Å²) in [5.41, 5.74) is 2.51. The van der Waals surface area contributed by atoms with Gasteiger partial charge in [0.05, 0.1) is 28.4 Å². The van der Waals surface area contributed by atoms with Gasteiger partial charge in [0.1, 0.15) is 5.69 Å². The molecule has 0 bridgehead atoms. The highest BCUT2D eigenvalue weighted by atomic mass is 35.5. The molecule has 3 rings (SSSR count). The normalized spacial score (nSPS) is 16.6. The number of nitrogens with one attached hydrogen (secondary N) is 1. The van der Waals surface area contributed by atoms with E-state index in [1.54, 1.807) is 24.3 Å². The van der Waals surface area contributed by atoms with Crippen LogP contribution in [0.2, 0.25) is 5.02 Å². The molecule has 0 saturated carbocycles. The molecule has 2 aromatic carbocycles. The Balaban J connectivity index is 2.06. The second kappa shape index (κ2) is 6.36. The van der Waals surface area contributed by atoms with E-state index in [9.17, 15) is 25.0 Å². The van der Waals surface area contributed by atoms with Gasteiger partial charge in [-0.1, -0.05) is 23.7 Å². The topological polar surface area (TPSA) is 119 Å². The van der Waals surface area contributed by atoms with Crippen LogP contribution in [0.15, 0.2) is 42.5 Å². The Labute approximate surface area is 146 Å².